The third-order valence-electron chi connectivity index (χ3n) is 4.52. The number of amides is 3. The average molecular weight is 453 g/mol. The second-order valence-corrected chi connectivity index (χ2v) is 7.51. The molecule has 2 rings (SSSR count). The Hall–Kier alpha value is -4.06. The number of benzene rings is 1. The van der Waals surface area contributed by atoms with Crippen LogP contribution in [0.5, 0.6) is 5.75 Å². The lowest BCUT2D eigenvalue weighted by Gasteiger charge is -2.11. The molecule has 0 aliphatic carbocycles. The third kappa shape index (κ3) is 6.97. The summed E-state index contributed by atoms with van der Waals surface area (Å²) in [4.78, 5) is 35.6. The number of rotatable bonds is 8. The number of aryl methyl sites for hydroxylation is 1. The number of hydrogen-bond acceptors (Lipinski definition) is 6. The number of carbonyl (C=O) groups is 3. The largest absolute Gasteiger partial charge is 0.494 e. The Bertz CT molecular complexity index is 1090. The summed E-state index contributed by atoms with van der Waals surface area (Å²) in [6, 6.07) is 10.4. The Morgan fingerprint density at radius 3 is 2.42 bits per heavy atom. The van der Waals surface area contributed by atoms with Crippen LogP contribution in [-0.2, 0) is 14.3 Å². The van der Waals surface area contributed by atoms with E-state index in [2.05, 4.69) is 5.32 Å². The highest BCUT2D eigenvalue weighted by atomic mass is 16.5. The third-order valence-corrected chi connectivity index (χ3v) is 4.52. The predicted octanol–water partition coefficient (Wildman–Crippen LogP) is 3.18. The Labute approximate surface area is 193 Å². The van der Waals surface area contributed by atoms with Gasteiger partial charge in [0.05, 0.1) is 6.61 Å². The highest BCUT2D eigenvalue weighted by Crippen LogP contribution is 2.24. The van der Waals surface area contributed by atoms with Crippen LogP contribution in [0.3, 0.4) is 0 Å². The molecule has 174 valence electrons. The first-order valence-corrected chi connectivity index (χ1v) is 10.5. The molecular weight excluding hydrogens is 424 g/mol. The Balaban J connectivity index is 2.14. The molecule has 1 aromatic heterocycles. The molecule has 0 spiro atoms. The predicted molar refractivity (Wildman–Crippen MR) is 123 cm³/mol. The molecule has 0 radical (unpaired) electrons. The second-order valence-electron chi connectivity index (χ2n) is 7.51. The molecule has 0 unspecified atom stereocenters. The first kappa shape index (κ1) is 25.2. The summed E-state index contributed by atoms with van der Waals surface area (Å²) in [7, 11) is 0. The zero-order valence-corrected chi connectivity index (χ0v) is 19.4. The van der Waals surface area contributed by atoms with Crippen molar-refractivity contribution >= 4 is 24.0 Å². The van der Waals surface area contributed by atoms with Gasteiger partial charge in [-0.25, -0.2) is 9.59 Å². The topological polar surface area (TPSA) is 122 Å². The maximum Gasteiger partial charge on any atom is 0.349 e. The summed E-state index contributed by atoms with van der Waals surface area (Å²) in [5.41, 5.74) is 3.03. The molecule has 0 aliphatic heterocycles. The van der Waals surface area contributed by atoms with Crippen molar-refractivity contribution < 1.29 is 23.9 Å². The number of carbonyl (C=O) groups excluding carboxylic acids is 3. The van der Waals surface area contributed by atoms with Gasteiger partial charge in [0.2, 0.25) is 0 Å². The number of nitriles is 1. The van der Waals surface area contributed by atoms with Gasteiger partial charge >= 0.3 is 12.0 Å². The fourth-order valence-electron chi connectivity index (χ4n) is 3.15. The van der Waals surface area contributed by atoms with E-state index in [9.17, 15) is 19.6 Å². The van der Waals surface area contributed by atoms with E-state index < -0.39 is 24.5 Å². The summed E-state index contributed by atoms with van der Waals surface area (Å²) in [5.74, 6) is -0.987. The minimum atomic E-state index is -0.956. The van der Waals surface area contributed by atoms with Gasteiger partial charge in [-0.05, 0) is 76.6 Å². The van der Waals surface area contributed by atoms with Gasteiger partial charge in [0, 0.05) is 23.1 Å². The van der Waals surface area contributed by atoms with Crippen molar-refractivity contribution in [2.45, 2.75) is 40.7 Å². The SMILES string of the molecule is CCOc1ccc(-n2c(C)cc(/C=C(\C#N)C(=O)OCC(=O)NC(=O)NC(C)C)c2C)cc1. The van der Waals surface area contributed by atoms with Gasteiger partial charge < -0.3 is 19.4 Å². The van der Waals surface area contributed by atoms with Crippen molar-refractivity contribution in [2.24, 2.45) is 0 Å². The van der Waals surface area contributed by atoms with Crippen molar-refractivity contribution in [1.29, 1.82) is 5.26 Å². The Morgan fingerprint density at radius 1 is 1.18 bits per heavy atom. The van der Waals surface area contributed by atoms with E-state index in [0.29, 0.717) is 12.2 Å². The Kier molecular flexibility index (Phi) is 8.80. The van der Waals surface area contributed by atoms with E-state index in [4.69, 9.17) is 9.47 Å². The minimum Gasteiger partial charge on any atom is -0.494 e. The lowest BCUT2D eigenvalue weighted by molar-refractivity contribution is -0.144. The number of ether oxygens (including phenoxy) is 2. The van der Waals surface area contributed by atoms with E-state index in [1.54, 1.807) is 13.8 Å². The van der Waals surface area contributed by atoms with Crippen LogP contribution < -0.4 is 15.4 Å². The molecule has 0 saturated heterocycles. The molecule has 0 aliphatic rings. The number of esters is 1. The zero-order chi connectivity index (χ0) is 24.5. The van der Waals surface area contributed by atoms with Crippen molar-refractivity contribution in [1.82, 2.24) is 15.2 Å². The van der Waals surface area contributed by atoms with Crippen LogP contribution in [0, 0.1) is 25.2 Å². The minimum absolute atomic E-state index is 0.157. The molecule has 0 fully saturated rings. The molecule has 2 N–H and O–H groups in total. The molecule has 33 heavy (non-hydrogen) atoms. The van der Waals surface area contributed by atoms with Crippen LogP contribution in [0.2, 0.25) is 0 Å². The quantitative estimate of drug-likeness (QED) is 0.360. The molecule has 0 bridgehead atoms. The van der Waals surface area contributed by atoms with Crippen molar-refractivity contribution in [3.05, 3.63) is 52.9 Å². The van der Waals surface area contributed by atoms with Crippen molar-refractivity contribution in [3.63, 3.8) is 0 Å². The molecule has 1 aromatic carbocycles. The van der Waals surface area contributed by atoms with Crippen LogP contribution in [0.25, 0.3) is 11.8 Å². The normalized spacial score (nSPS) is 11.0. The van der Waals surface area contributed by atoms with Gasteiger partial charge in [-0.3, -0.25) is 10.1 Å². The summed E-state index contributed by atoms with van der Waals surface area (Å²) < 4.78 is 12.4. The van der Waals surface area contributed by atoms with Gasteiger partial charge in [0.15, 0.2) is 6.61 Å². The molecular formula is C24H28N4O5. The second kappa shape index (κ2) is 11.5. The van der Waals surface area contributed by atoms with Gasteiger partial charge in [-0.1, -0.05) is 0 Å². The number of nitrogens with zero attached hydrogens (tertiary/aromatic N) is 2. The van der Waals surface area contributed by atoms with Crippen LogP contribution in [-0.4, -0.2) is 41.7 Å². The molecule has 9 nitrogen and oxygen atoms in total. The standard InChI is InChI=1S/C24H28N4O5/c1-6-32-21-9-7-20(8-10-21)28-16(4)11-18(17(28)5)12-19(13-25)23(30)33-14-22(29)27-24(31)26-15(2)3/h7-12,15H,6,14H2,1-5H3,(H2,26,27,29,31)/b19-12+. The van der Waals surface area contributed by atoms with E-state index in [1.807, 2.05) is 67.1 Å². The fourth-order valence-corrected chi connectivity index (χ4v) is 3.15. The van der Waals surface area contributed by atoms with E-state index >= 15 is 0 Å². The van der Waals surface area contributed by atoms with E-state index in [1.165, 1.54) is 6.08 Å². The fraction of sp³-hybridized carbons (Fsp3) is 0.333. The first-order valence-electron chi connectivity index (χ1n) is 10.5. The van der Waals surface area contributed by atoms with Crippen molar-refractivity contribution in [2.75, 3.05) is 13.2 Å². The molecule has 2 aromatic rings. The van der Waals surface area contributed by atoms with E-state index in [0.717, 1.165) is 22.8 Å². The van der Waals surface area contributed by atoms with Gasteiger partial charge in [-0.2, -0.15) is 5.26 Å². The number of hydrogen-bond donors (Lipinski definition) is 2. The zero-order valence-electron chi connectivity index (χ0n) is 19.4. The molecule has 0 atom stereocenters. The van der Waals surface area contributed by atoms with Crippen LogP contribution in [0.1, 0.15) is 37.7 Å². The van der Waals surface area contributed by atoms with Crippen LogP contribution in [0.4, 0.5) is 4.79 Å². The van der Waals surface area contributed by atoms with Crippen molar-refractivity contribution in [3.8, 4) is 17.5 Å². The smallest absolute Gasteiger partial charge is 0.349 e. The lowest BCUT2D eigenvalue weighted by Crippen LogP contribution is -2.44. The number of imide groups is 1. The summed E-state index contributed by atoms with van der Waals surface area (Å²) >= 11 is 0. The van der Waals surface area contributed by atoms with Crippen LogP contribution >= 0.6 is 0 Å². The summed E-state index contributed by atoms with van der Waals surface area (Å²) in [5, 5.41) is 14.0. The maximum absolute atomic E-state index is 12.3. The highest BCUT2D eigenvalue weighted by molar-refractivity contribution is 6.00. The number of nitrogens with one attached hydrogen (secondary N) is 2. The average Bonchev–Trinajstić information content (AvgIpc) is 3.03. The number of urea groups is 1. The first-order chi connectivity index (χ1) is 15.7. The van der Waals surface area contributed by atoms with Gasteiger partial charge in [0.25, 0.3) is 5.91 Å². The monoisotopic (exact) mass is 452 g/mol. The number of aromatic nitrogens is 1. The summed E-state index contributed by atoms with van der Waals surface area (Å²) in [6.07, 6.45) is 1.42. The highest BCUT2D eigenvalue weighted by Gasteiger charge is 2.17. The molecule has 1 heterocycles. The van der Waals surface area contributed by atoms with Gasteiger partial charge in [-0.15, -0.1) is 0 Å². The summed E-state index contributed by atoms with van der Waals surface area (Å²) in [6.45, 7) is 9.07. The van der Waals surface area contributed by atoms with E-state index in [-0.39, 0.29) is 11.6 Å². The molecule has 3 amide bonds. The molecule has 0 saturated carbocycles. The maximum atomic E-state index is 12.3. The van der Waals surface area contributed by atoms with Gasteiger partial charge in [0.1, 0.15) is 17.4 Å². The Morgan fingerprint density at radius 2 is 1.85 bits per heavy atom. The lowest BCUT2D eigenvalue weighted by atomic mass is 10.1. The molecule has 9 heteroatoms. The van der Waals surface area contributed by atoms with Crippen LogP contribution in [0.15, 0.2) is 35.9 Å².